The topological polar surface area (TPSA) is 28.2 Å². The van der Waals surface area contributed by atoms with E-state index in [-0.39, 0.29) is 0 Å². The number of aromatic nitrogens is 1. The molecule has 2 rings (SSSR count). The standard InChI is InChI=1S/C13H21N3/c1-10-5-6-13(12(3)15-10)16-8-4-7-14-11(2)9-16/h5-6,11,14H,4,7-9H2,1-3H3. The number of nitrogens with one attached hydrogen (secondary N) is 1. The average Bonchev–Trinajstić information content (AvgIpc) is 2.43. The maximum Gasteiger partial charge on any atom is 0.0608 e. The first kappa shape index (κ1) is 11.4. The van der Waals surface area contributed by atoms with Gasteiger partial charge < -0.3 is 10.2 Å². The predicted molar refractivity (Wildman–Crippen MR) is 68.0 cm³/mol. The van der Waals surface area contributed by atoms with Crippen molar-refractivity contribution in [2.24, 2.45) is 0 Å². The fraction of sp³-hybridized carbons (Fsp3) is 0.615. The Morgan fingerprint density at radius 3 is 2.94 bits per heavy atom. The van der Waals surface area contributed by atoms with Crippen LogP contribution < -0.4 is 10.2 Å². The van der Waals surface area contributed by atoms with Crippen molar-refractivity contribution in [3.05, 3.63) is 23.5 Å². The van der Waals surface area contributed by atoms with Gasteiger partial charge in [-0.1, -0.05) is 0 Å². The molecule has 2 heterocycles. The molecule has 0 radical (unpaired) electrons. The van der Waals surface area contributed by atoms with E-state index < -0.39 is 0 Å². The van der Waals surface area contributed by atoms with E-state index in [4.69, 9.17) is 0 Å². The summed E-state index contributed by atoms with van der Waals surface area (Å²) < 4.78 is 0. The van der Waals surface area contributed by atoms with Crippen molar-refractivity contribution < 1.29 is 0 Å². The van der Waals surface area contributed by atoms with E-state index in [0.29, 0.717) is 6.04 Å². The Balaban J connectivity index is 2.21. The summed E-state index contributed by atoms with van der Waals surface area (Å²) in [5, 5.41) is 3.51. The third kappa shape index (κ3) is 2.53. The number of aryl methyl sites for hydroxylation is 2. The fourth-order valence-electron chi connectivity index (χ4n) is 2.34. The maximum atomic E-state index is 4.54. The van der Waals surface area contributed by atoms with Crippen LogP contribution in [0.3, 0.4) is 0 Å². The third-order valence-corrected chi connectivity index (χ3v) is 3.13. The van der Waals surface area contributed by atoms with Crippen LogP contribution in [0.4, 0.5) is 5.69 Å². The molecule has 88 valence electrons. The second kappa shape index (κ2) is 4.83. The number of pyridine rings is 1. The quantitative estimate of drug-likeness (QED) is 0.782. The smallest absolute Gasteiger partial charge is 0.0608 e. The zero-order valence-electron chi connectivity index (χ0n) is 10.5. The predicted octanol–water partition coefficient (Wildman–Crippen LogP) is 1.89. The Bertz CT molecular complexity index is 362. The van der Waals surface area contributed by atoms with Gasteiger partial charge in [-0.25, -0.2) is 0 Å². The van der Waals surface area contributed by atoms with Gasteiger partial charge in [0.05, 0.1) is 11.4 Å². The molecular weight excluding hydrogens is 198 g/mol. The molecule has 0 amide bonds. The van der Waals surface area contributed by atoms with Crippen LogP contribution in [0.1, 0.15) is 24.7 Å². The molecule has 1 saturated heterocycles. The minimum atomic E-state index is 0.559. The molecule has 1 fully saturated rings. The van der Waals surface area contributed by atoms with Gasteiger partial charge in [0.1, 0.15) is 0 Å². The number of hydrogen-bond acceptors (Lipinski definition) is 3. The maximum absolute atomic E-state index is 4.54. The molecule has 3 nitrogen and oxygen atoms in total. The van der Waals surface area contributed by atoms with Crippen LogP contribution in [-0.2, 0) is 0 Å². The van der Waals surface area contributed by atoms with E-state index in [9.17, 15) is 0 Å². The highest BCUT2D eigenvalue weighted by Crippen LogP contribution is 2.20. The zero-order valence-corrected chi connectivity index (χ0v) is 10.5. The summed E-state index contributed by atoms with van der Waals surface area (Å²) in [6.07, 6.45) is 1.21. The monoisotopic (exact) mass is 219 g/mol. The average molecular weight is 219 g/mol. The van der Waals surface area contributed by atoms with Crippen molar-refractivity contribution in [2.75, 3.05) is 24.5 Å². The number of nitrogens with zero attached hydrogens (tertiary/aromatic N) is 2. The lowest BCUT2D eigenvalue weighted by Gasteiger charge is -2.26. The van der Waals surface area contributed by atoms with Crippen LogP contribution in [0.25, 0.3) is 0 Å². The second-order valence-corrected chi connectivity index (χ2v) is 4.71. The number of anilines is 1. The molecule has 0 aromatic carbocycles. The van der Waals surface area contributed by atoms with Gasteiger partial charge >= 0.3 is 0 Å². The first-order valence-corrected chi connectivity index (χ1v) is 6.09. The van der Waals surface area contributed by atoms with Gasteiger partial charge in [0, 0.05) is 24.8 Å². The van der Waals surface area contributed by atoms with Crippen LogP contribution in [0.15, 0.2) is 12.1 Å². The van der Waals surface area contributed by atoms with E-state index in [1.165, 1.54) is 12.1 Å². The first-order valence-electron chi connectivity index (χ1n) is 6.09. The molecule has 1 aromatic rings. The fourth-order valence-corrected chi connectivity index (χ4v) is 2.34. The molecule has 1 atom stereocenters. The van der Waals surface area contributed by atoms with E-state index >= 15 is 0 Å². The van der Waals surface area contributed by atoms with Crippen molar-refractivity contribution in [1.82, 2.24) is 10.3 Å². The normalized spacial score (nSPS) is 21.9. The number of hydrogen-bond donors (Lipinski definition) is 1. The Morgan fingerprint density at radius 2 is 2.19 bits per heavy atom. The van der Waals surface area contributed by atoms with E-state index in [1.807, 2.05) is 6.92 Å². The van der Waals surface area contributed by atoms with E-state index in [0.717, 1.165) is 31.0 Å². The summed E-state index contributed by atoms with van der Waals surface area (Å²) in [5.74, 6) is 0. The van der Waals surface area contributed by atoms with Crippen molar-refractivity contribution in [1.29, 1.82) is 0 Å². The van der Waals surface area contributed by atoms with Crippen LogP contribution in [0, 0.1) is 13.8 Å². The first-order chi connectivity index (χ1) is 7.66. The Hall–Kier alpha value is -1.09. The van der Waals surface area contributed by atoms with Gasteiger partial charge in [-0.2, -0.15) is 0 Å². The number of rotatable bonds is 1. The van der Waals surface area contributed by atoms with Crippen LogP contribution in [0.5, 0.6) is 0 Å². The van der Waals surface area contributed by atoms with E-state index in [1.54, 1.807) is 0 Å². The highest BCUT2D eigenvalue weighted by atomic mass is 15.2. The Labute approximate surface area is 97.9 Å². The Morgan fingerprint density at radius 1 is 1.38 bits per heavy atom. The molecule has 1 aliphatic rings. The lowest BCUT2D eigenvalue weighted by atomic mass is 10.2. The van der Waals surface area contributed by atoms with Gasteiger partial charge in [0.25, 0.3) is 0 Å². The summed E-state index contributed by atoms with van der Waals surface area (Å²) in [4.78, 5) is 6.99. The summed E-state index contributed by atoms with van der Waals surface area (Å²) in [6.45, 7) is 9.72. The van der Waals surface area contributed by atoms with Crippen molar-refractivity contribution in [3.8, 4) is 0 Å². The van der Waals surface area contributed by atoms with Crippen LogP contribution >= 0.6 is 0 Å². The van der Waals surface area contributed by atoms with Crippen molar-refractivity contribution >= 4 is 5.69 Å². The molecule has 1 unspecified atom stereocenters. The summed E-state index contributed by atoms with van der Waals surface area (Å²) >= 11 is 0. The lowest BCUT2D eigenvalue weighted by Crippen LogP contribution is -2.35. The SMILES string of the molecule is Cc1ccc(N2CCCNC(C)C2)c(C)n1. The summed E-state index contributed by atoms with van der Waals surface area (Å²) in [6, 6.07) is 4.87. The summed E-state index contributed by atoms with van der Waals surface area (Å²) in [7, 11) is 0. The zero-order chi connectivity index (χ0) is 11.5. The van der Waals surface area contributed by atoms with Crippen molar-refractivity contribution in [2.45, 2.75) is 33.2 Å². The van der Waals surface area contributed by atoms with Crippen LogP contribution in [0.2, 0.25) is 0 Å². The van der Waals surface area contributed by atoms with Gasteiger partial charge in [-0.15, -0.1) is 0 Å². The Kier molecular flexibility index (Phi) is 3.44. The second-order valence-electron chi connectivity index (χ2n) is 4.71. The van der Waals surface area contributed by atoms with Crippen LogP contribution in [-0.4, -0.2) is 30.7 Å². The minimum Gasteiger partial charge on any atom is -0.368 e. The molecule has 3 heteroatoms. The molecule has 0 saturated carbocycles. The molecule has 1 aromatic heterocycles. The lowest BCUT2D eigenvalue weighted by molar-refractivity contribution is 0.584. The molecule has 1 N–H and O–H groups in total. The molecule has 1 aliphatic heterocycles. The minimum absolute atomic E-state index is 0.559. The molecule has 0 spiro atoms. The van der Waals surface area contributed by atoms with Gasteiger partial charge in [-0.3, -0.25) is 4.98 Å². The molecular formula is C13H21N3. The van der Waals surface area contributed by atoms with Gasteiger partial charge in [0.2, 0.25) is 0 Å². The van der Waals surface area contributed by atoms with Gasteiger partial charge in [-0.05, 0) is 45.9 Å². The highest BCUT2D eigenvalue weighted by molar-refractivity contribution is 5.50. The molecule has 0 bridgehead atoms. The van der Waals surface area contributed by atoms with Gasteiger partial charge in [0.15, 0.2) is 0 Å². The van der Waals surface area contributed by atoms with Crippen molar-refractivity contribution in [3.63, 3.8) is 0 Å². The molecule has 0 aliphatic carbocycles. The largest absolute Gasteiger partial charge is 0.368 e. The van der Waals surface area contributed by atoms with E-state index in [2.05, 4.69) is 41.2 Å². The highest BCUT2D eigenvalue weighted by Gasteiger charge is 2.16. The molecule has 16 heavy (non-hydrogen) atoms. The summed E-state index contributed by atoms with van der Waals surface area (Å²) in [5.41, 5.74) is 3.54. The third-order valence-electron chi connectivity index (χ3n) is 3.13.